The number of aliphatic carboxylic acids is 1. The Hall–Kier alpha value is -2.13. The van der Waals surface area contributed by atoms with Gasteiger partial charge in [-0.1, -0.05) is 0 Å². The number of hydrogen-bond acceptors (Lipinski definition) is 4. The fraction of sp³-hybridized carbons (Fsp3) is 0.300. The quantitative estimate of drug-likeness (QED) is 0.517. The predicted octanol–water partition coefficient (Wildman–Crippen LogP) is -0.338. The van der Waals surface area contributed by atoms with E-state index >= 15 is 0 Å². The minimum atomic E-state index is -1.25. The fourth-order valence-corrected chi connectivity index (χ4v) is 1.52. The summed E-state index contributed by atoms with van der Waals surface area (Å²) < 4.78 is 6.87. The molecule has 6 heteroatoms. The summed E-state index contributed by atoms with van der Waals surface area (Å²) in [5.41, 5.74) is 0.505. The lowest BCUT2D eigenvalue weighted by Crippen LogP contribution is -2.18. The first kappa shape index (κ1) is 10.4. The largest absolute Gasteiger partial charge is 0.472 e. The zero-order chi connectivity index (χ0) is 11.5. The molecule has 1 aromatic rings. The van der Waals surface area contributed by atoms with Crippen LogP contribution in [0.1, 0.15) is 22.0 Å². The zero-order valence-electron chi connectivity index (χ0n) is 8.27. The molecule has 0 atom stereocenters. The Morgan fingerprint density at radius 3 is 3.12 bits per heavy atom. The Morgan fingerprint density at radius 2 is 2.44 bits per heavy atom. The molecule has 1 aliphatic heterocycles. The van der Waals surface area contributed by atoms with Crippen molar-refractivity contribution in [1.29, 1.82) is 0 Å². The summed E-state index contributed by atoms with van der Waals surface area (Å²) in [7, 11) is 0. The van der Waals surface area contributed by atoms with Crippen LogP contribution in [-0.4, -0.2) is 33.5 Å². The van der Waals surface area contributed by atoms with Gasteiger partial charge in [-0.15, -0.1) is 0 Å². The lowest BCUT2D eigenvalue weighted by atomic mass is 10.3. The number of aromatic nitrogens is 2. The lowest BCUT2D eigenvalue weighted by Gasteiger charge is -2.14. The number of imidazole rings is 1. The van der Waals surface area contributed by atoms with Gasteiger partial charge in [0.2, 0.25) is 0 Å². The van der Waals surface area contributed by atoms with E-state index in [-0.39, 0.29) is 5.69 Å². The van der Waals surface area contributed by atoms with Crippen LogP contribution in [0.15, 0.2) is 0 Å². The molecule has 1 aliphatic rings. The zero-order valence-corrected chi connectivity index (χ0v) is 8.27. The third kappa shape index (κ3) is 1.81. The van der Waals surface area contributed by atoms with E-state index in [1.807, 2.05) is 5.92 Å². The van der Waals surface area contributed by atoms with Gasteiger partial charge in [0.1, 0.15) is 23.8 Å². The normalized spacial score (nSPS) is 13.5. The topological polar surface area (TPSA) is 81.4 Å². The number of hydrogen-bond donors (Lipinski definition) is 1. The van der Waals surface area contributed by atoms with Crippen molar-refractivity contribution in [3.05, 3.63) is 17.2 Å². The minimum Gasteiger partial charge on any atom is -0.472 e. The third-order valence-corrected chi connectivity index (χ3v) is 2.18. The minimum absolute atomic E-state index is 0.193. The number of rotatable bonds is 1. The summed E-state index contributed by atoms with van der Waals surface area (Å²) >= 11 is 0. The highest BCUT2D eigenvalue weighted by atomic mass is 16.5. The highest BCUT2D eigenvalue weighted by Gasteiger charge is 2.18. The maximum Gasteiger partial charge on any atom is 0.382 e. The second-order valence-corrected chi connectivity index (χ2v) is 3.14. The van der Waals surface area contributed by atoms with Gasteiger partial charge in [0.15, 0.2) is 6.29 Å². The Balaban J connectivity index is 2.47. The number of carbonyl (C=O) groups is 2. The van der Waals surface area contributed by atoms with Crippen molar-refractivity contribution in [3.63, 3.8) is 0 Å². The van der Waals surface area contributed by atoms with Crippen LogP contribution in [-0.2, 0) is 22.7 Å². The number of nitrogens with zero attached hydrogens (tertiary/aromatic N) is 2. The van der Waals surface area contributed by atoms with Crippen molar-refractivity contribution in [3.8, 4) is 11.8 Å². The van der Waals surface area contributed by atoms with E-state index < -0.39 is 5.97 Å². The lowest BCUT2D eigenvalue weighted by molar-refractivity contribution is -0.130. The van der Waals surface area contributed by atoms with Crippen molar-refractivity contribution in [2.75, 3.05) is 6.61 Å². The molecular weight excluding hydrogens is 212 g/mol. The number of carbonyl (C=O) groups excluding carboxylic acids is 1. The molecule has 0 bridgehead atoms. The molecule has 0 amide bonds. The summed E-state index contributed by atoms with van der Waals surface area (Å²) in [6, 6.07) is 0. The van der Waals surface area contributed by atoms with E-state index in [1.165, 1.54) is 0 Å². The van der Waals surface area contributed by atoms with Gasteiger partial charge in [-0.3, -0.25) is 4.79 Å². The molecule has 0 radical (unpaired) electrons. The standard InChI is InChI=1S/C10H8N2O4/c13-5-8-7(1-2-10(14)15)11-9-6-16-4-3-12(8)9/h5H,3-4,6H2,(H,14,15). The van der Waals surface area contributed by atoms with Crippen molar-refractivity contribution in [1.82, 2.24) is 9.55 Å². The monoisotopic (exact) mass is 220 g/mol. The SMILES string of the molecule is O=Cc1c(C#CC(=O)O)nc2n1CCOC2. The Labute approximate surface area is 90.8 Å². The molecule has 16 heavy (non-hydrogen) atoms. The number of carboxylic acids is 1. The maximum atomic E-state index is 10.9. The van der Waals surface area contributed by atoms with Crippen molar-refractivity contribution in [2.24, 2.45) is 0 Å². The molecule has 0 aromatic carbocycles. The van der Waals surface area contributed by atoms with Crippen LogP contribution >= 0.6 is 0 Å². The smallest absolute Gasteiger partial charge is 0.382 e. The van der Waals surface area contributed by atoms with E-state index in [0.717, 1.165) is 0 Å². The van der Waals surface area contributed by atoms with Crippen molar-refractivity contribution >= 4 is 12.3 Å². The van der Waals surface area contributed by atoms with E-state index in [1.54, 1.807) is 4.57 Å². The molecule has 0 spiro atoms. The fourth-order valence-electron chi connectivity index (χ4n) is 1.52. The van der Waals surface area contributed by atoms with E-state index in [0.29, 0.717) is 37.6 Å². The summed E-state index contributed by atoms with van der Waals surface area (Å²) in [5, 5.41) is 8.42. The molecule has 6 nitrogen and oxygen atoms in total. The molecule has 0 aliphatic carbocycles. The van der Waals surface area contributed by atoms with Gasteiger partial charge in [0.25, 0.3) is 0 Å². The molecule has 1 N–H and O–H groups in total. The molecule has 0 saturated heterocycles. The first-order valence-corrected chi connectivity index (χ1v) is 4.59. The first-order valence-electron chi connectivity index (χ1n) is 4.59. The first-order chi connectivity index (χ1) is 7.72. The predicted molar refractivity (Wildman–Crippen MR) is 51.8 cm³/mol. The molecule has 1 aromatic heterocycles. The maximum absolute atomic E-state index is 10.9. The van der Waals surface area contributed by atoms with Crippen molar-refractivity contribution in [2.45, 2.75) is 13.2 Å². The molecule has 0 saturated carbocycles. The van der Waals surface area contributed by atoms with Gasteiger partial charge >= 0.3 is 5.97 Å². The van der Waals surface area contributed by atoms with Gasteiger partial charge in [-0.2, -0.15) is 0 Å². The van der Waals surface area contributed by atoms with Crippen LogP contribution in [0.4, 0.5) is 0 Å². The summed E-state index contributed by atoms with van der Waals surface area (Å²) in [5.74, 6) is 3.64. The number of carboxylic acid groups (broad SMARTS) is 1. The molecule has 2 heterocycles. The van der Waals surface area contributed by atoms with E-state index in [2.05, 4.69) is 10.9 Å². The number of aldehydes is 1. The number of fused-ring (bicyclic) bond motifs is 1. The summed E-state index contributed by atoms with van der Waals surface area (Å²) in [6.07, 6.45) is 0.633. The van der Waals surface area contributed by atoms with Crippen LogP contribution in [0, 0.1) is 11.8 Å². The van der Waals surface area contributed by atoms with Gasteiger partial charge in [-0.05, 0) is 5.92 Å². The van der Waals surface area contributed by atoms with Crippen molar-refractivity contribution < 1.29 is 19.4 Å². The Bertz CT molecular complexity index is 507. The van der Waals surface area contributed by atoms with E-state index in [9.17, 15) is 9.59 Å². The Kier molecular flexibility index (Phi) is 2.70. The molecular formula is C10H8N2O4. The average Bonchev–Trinajstić information content (AvgIpc) is 2.63. The van der Waals surface area contributed by atoms with Crippen LogP contribution in [0.3, 0.4) is 0 Å². The third-order valence-electron chi connectivity index (χ3n) is 2.18. The number of ether oxygens (including phenoxy) is 1. The Morgan fingerprint density at radius 1 is 1.62 bits per heavy atom. The highest BCUT2D eigenvalue weighted by Crippen LogP contribution is 2.14. The van der Waals surface area contributed by atoms with Crippen LogP contribution in [0.5, 0.6) is 0 Å². The summed E-state index contributed by atoms with van der Waals surface area (Å²) in [6.45, 7) is 1.36. The second kappa shape index (κ2) is 4.16. The molecule has 82 valence electrons. The van der Waals surface area contributed by atoms with Gasteiger partial charge < -0.3 is 14.4 Å². The summed E-state index contributed by atoms with van der Waals surface area (Å²) in [4.78, 5) is 25.2. The van der Waals surface area contributed by atoms with Crippen LogP contribution in [0.2, 0.25) is 0 Å². The average molecular weight is 220 g/mol. The molecule has 0 fully saturated rings. The highest BCUT2D eigenvalue weighted by molar-refractivity contribution is 5.88. The van der Waals surface area contributed by atoms with Crippen LogP contribution in [0.25, 0.3) is 0 Å². The molecule has 0 unspecified atom stereocenters. The second-order valence-electron chi connectivity index (χ2n) is 3.14. The van der Waals surface area contributed by atoms with Gasteiger partial charge in [0, 0.05) is 12.5 Å². The van der Waals surface area contributed by atoms with Crippen LogP contribution < -0.4 is 0 Å². The van der Waals surface area contributed by atoms with Gasteiger partial charge in [0.05, 0.1) is 6.61 Å². The molecule has 2 rings (SSSR count). The van der Waals surface area contributed by atoms with Gasteiger partial charge in [-0.25, -0.2) is 9.78 Å². The van der Waals surface area contributed by atoms with E-state index in [4.69, 9.17) is 9.84 Å².